The minimum Gasteiger partial charge on any atom is -0.390 e. The molecule has 1 N–H and O–H groups in total. The predicted octanol–water partition coefficient (Wildman–Crippen LogP) is 0.327. The second-order valence-corrected chi connectivity index (χ2v) is 7.32. The summed E-state index contributed by atoms with van der Waals surface area (Å²) in [6, 6.07) is 0. The molecule has 0 unspecified atom stereocenters. The number of aromatic nitrogens is 2. The molecule has 0 saturated carbocycles. The van der Waals surface area contributed by atoms with Crippen LogP contribution in [0.5, 0.6) is 0 Å². The van der Waals surface area contributed by atoms with Crippen LogP contribution >= 0.6 is 0 Å². The molecule has 1 aliphatic heterocycles. The van der Waals surface area contributed by atoms with E-state index in [1.54, 1.807) is 6.20 Å². The summed E-state index contributed by atoms with van der Waals surface area (Å²) in [5.74, 6) is 1.17. The van der Waals surface area contributed by atoms with Gasteiger partial charge < -0.3 is 10.0 Å². The van der Waals surface area contributed by atoms with Gasteiger partial charge in [-0.25, -0.2) is 18.4 Å². The van der Waals surface area contributed by atoms with Gasteiger partial charge in [-0.1, -0.05) is 13.8 Å². The van der Waals surface area contributed by atoms with Gasteiger partial charge in [-0.2, -0.15) is 0 Å². The molecule has 1 aliphatic rings. The highest BCUT2D eigenvalue weighted by Crippen LogP contribution is 2.22. The Balaban J connectivity index is 2.25. The quantitative estimate of drug-likeness (QED) is 0.861. The maximum atomic E-state index is 11.4. The molecule has 1 saturated heterocycles. The van der Waals surface area contributed by atoms with Gasteiger partial charge in [-0.3, -0.25) is 0 Å². The van der Waals surface area contributed by atoms with Crippen LogP contribution < -0.4 is 4.90 Å². The predicted molar refractivity (Wildman–Crippen MR) is 72.9 cm³/mol. The van der Waals surface area contributed by atoms with Crippen molar-refractivity contribution in [3.63, 3.8) is 0 Å². The Labute approximate surface area is 113 Å². The molecule has 0 radical (unpaired) electrons. The first-order valence-electron chi connectivity index (χ1n) is 6.35. The molecular weight excluding hydrogens is 266 g/mol. The number of sulfone groups is 1. The van der Waals surface area contributed by atoms with Crippen LogP contribution in [0.25, 0.3) is 0 Å². The van der Waals surface area contributed by atoms with E-state index in [9.17, 15) is 13.5 Å². The van der Waals surface area contributed by atoms with Crippen LogP contribution in [0.15, 0.2) is 6.20 Å². The van der Waals surface area contributed by atoms with Gasteiger partial charge in [0, 0.05) is 19.0 Å². The Morgan fingerprint density at radius 1 is 1.37 bits per heavy atom. The third-order valence-electron chi connectivity index (χ3n) is 3.22. The number of rotatable bonds is 3. The van der Waals surface area contributed by atoms with Crippen molar-refractivity contribution < 1.29 is 13.5 Å². The Morgan fingerprint density at radius 3 is 2.53 bits per heavy atom. The zero-order chi connectivity index (χ0) is 14.0. The lowest BCUT2D eigenvalue weighted by Gasteiger charge is -2.29. The lowest BCUT2D eigenvalue weighted by Crippen LogP contribution is -2.41. The van der Waals surface area contributed by atoms with Crippen molar-refractivity contribution in [2.75, 3.05) is 29.5 Å². The fourth-order valence-electron chi connectivity index (χ4n) is 2.04. The van der Waals surface area contributed by atoms with Crippen molar-refractivity contribution in [2.45, 2.75) is 26.4 Å². The number of anilines is 1. The zero-order valence-electron chi connectivity index (χ0n) is 11.2. The molecule has 1 fully saturated rings. The molecule has 0 atom stereocenters. The van der Waals surface area contributed by atoms with E-state index >= 15 is 0 Å². The molecule has 7 heteroatoms. The van der Waals surface area contributed by atoms with Gasteiger partial charge in [-0.15, -0.1) is 0 Å². The van der Waals surface area contributed by atoms with Gasteiger partial charge in [0.05, 0.1) is 35.7 Å². The molecule has 1 aromatic heterocycles. The van der Waals surface area contributed by atoms with E-state index in [0.717, 1.165) is 5.69 Å². The van der Waals surface area contributed by atoms with Crippen LogP contribution in [0.1, 0.15) is 31.3 Å². The summed E-state index contributed by atoms with van der Waals surface area (Å²) in [5.41, 5.74) is 1.31. The van der Waals surface area contributed by atoms with Crippen LogP contribution in [0.4, 0.5) is 5.69 Å². The van der Waals surface area contributed by atoms with E-state index in [-0.39, 0.29) is 24.0 Å². The summed E-state index contributed by atoms with van der Waals surface area (Å²) < 4.78 is 22.8. The van der Waals surface area contributed by atoms with E-state index in [1.807, 2.05) is 18.7 Å². The van der Waals surface area contributed by atoms with Crippen LogP contribution in [-0.2, 0) is 16.4 Å². The highest BCUT2D eigenvalue weighted by Gasteiger charge is 2.24. The maximum absolute atomic E-state index is 11.4. The van der Waals surface area contributed by atoms with Crippen molar-refractivity contribution in [2.24, 2.45) is 0 Å². The minimum atomic E-state index is -2.91. The minimum absolute atomic E-state index is 0.143. The van der Waals surface area contributed by atoms with Gasteiger partial charge in [0.25, 0.3) is 0 Å². The Bertz CT molecular complexity index is 543. The van der Waals surface area contributed by atoms with Crippen LogP contribution in [0.3, 0.4) is 0 Å². The van der Waals surface area contributed by atoms with Crippen LogP contribution in [0, 0.1) is 0 Å². The third kappa shape index (κ3) is 3.22. The molecule has 0 bridgehead atoms. The molecule has 19 heavy (non-hydrogen) atoms. The smallest absolute Gasteiger partial charge is 0.153 e. The summed E-state index contributed by atoms with van der Waals surface area (Å²) in [7, 11) is -2.91. The number of nitrogens with zero attached hydrogens (tertiary/aromatic N) is 3. The van der Waals surface area contributed by atoms with E-state index in [4.69, 9.17) is 0 Å². The Kier molecular flexibility index (Phi) is 4.05. The lowest BCUT2D eigenvalue weighted by molar-refractivity contribution is 0.276. The van der Waals surface area contributed by atoms with Gasteiger partial charge in [0.2, 0.25) is 0 Å². The average Bonchev–Trinajstić information content (AvgIpc) is 2.38. The Morgan fingerprint density at radius 2 is 2.00 bits per heavy atom. The molecule has 0 spiro atoms. The monoisotopic (exact) mass is 285 g/mol. The van der Waals surface area contributed by atoms with Gasteiger partial charge in [0.1, 0.15) is 5.82 Å². The summed E-state index contributed by atoms with van der Waals surface area (Å²) in [5, 5.41) is 9.42. The lowest BCUT2D eigenvalue weighted by atomic mass is 10.2. The summed E-state index contributed by atoms with van der Waals surface area (Å²) in [6.07, 6.45) is 1.69. The zero-order valence-corrected chi connectivity index (χ0v) is 12.0. The van der Waals surface area contributed by atoms with Crippen molar-refractivity contribution in [3.05, 3.63) is 17.7 Å². The fourth-order valence-corrected chi connectivity index (χ4v) is 3.24. The fraction of sp³-hybridized carbons (Fsp3) is 0.667. The molecule has 0 aromatic carbocycles. The third-order valence-corrected chi connectivity index (χ3v) is 4.82. The first-order valence-corrected chi connectivity index (χ1v) is 8.17. The SMILES string of the molecule is CC(C)c1ncc(N2CCS(=O)(=O)CC2)c(CO)n1. The van der Waals surface area contributed by atoms with E-state index < -0.39 is 9.84 Å². The second-order valence-electron chi connectivity index (χ2n) is 5.01. The second kappa shape index (κ2) is 5.42. The standard InChI is InChI=1S/C12H19N3O3S/c1-9(2)12-13-7-11(10(8-16)14-12)15-3-5-19(17,18)6-4-15/h7,9,16H,3-6,8H2,1-2H3. The molecule has 0 amide bonds. The molecule has 106 valence electrons. The van der Waals surface area contributed by atoms with E-state index in [1.165, 1.54) is 0 Å². The normalized spacial score (nSPS) is 18.8. The number of aliphatic hydroxyl groups excluding tert-OH is 1. The highest BCUT2D eigenvalue weighted by atomic mass is 32.2. The topological polar surface area (TPSA) is 83.4 Å². The van der Waals surface area contributed by atoms with Crippen molar-refractivity contribution in [1.29, 1.82) is 0 Å². The van der Waals surface area contributed by atoms with Crippen LogP contribution in [0.2, 0.25) is 0 Å². The molecule has 6 nitrogen and oxygen atoms in total. The largest absolute Gasteiger partial charge is 0.390 e. The summed E-state index contributed by atoms with van der Waals surface area (Å²) >= 11 is 0. The van der Waals surface area contributed by atoms with Crippen molar-refractivity contribution in [1.82, 2.24) is 9.97 Å². The number of hydrogen-bond acceptors (Lipinski definition) is 6. The van der Waals surface area contributed by atoms with E-state index in [0.29, 0.717) is 24.6 Å². The molecule has 2 rings (SSSR count). The molecule has 2 heterocycles. The molecular formula is C12H19N3O3S. The number of hydrogen-bond donors (Lipinski definition) is 1. The Hall–Kier alpha value is -1.21. The highest BCUT2D eigenvalue weighted by molar-refractivity contribution is 7.91. The molecule has 1 aromatic rings. The first-order chi connectivity index (χ1) is 8.93. The summed E-state index contributed by atoms with van der Waals surface area (Å²) in [4.78, 5) is 10.6. The van der Waals surface area contributed by atoms with Crippen LogP contribution in [-0.4, -0.2) is 48.1 Å². The van der Waals surface area contributed by atoms with Crippen molar-refractivity contribution in [3.8, 4) is 0 Å². The van der Waals surface area contributed by atoms with E-state index in [2.05, 4.69) is 9.97 Å². The van der Waals surface area contributed by atoms with Crippen molar-refractivity contribution >= 4 is 15.5 Å². The molecule has 0 aliphatic carbocycles. The number of aliphatic hydroxyl groups is 1. The maximum Gasteiger partial charge on any atom is 0.153 e. The average molecular weight is 285 g/mol. The summed E-state index contributed by atoms with van der Waals surface area (Å²) in [6.45, 7) is 4.67. The van der Waals surface area contributed by atoms with Gasteiger partial charge >= 0.3 is 0 Å². The first kappa shape index (κ1) is 14.2. The van der Waals surface area contributed by atoms with Gasteiger partial charge in [0.15, 0.2) is 9.84 Å². The van der Waals surface area contributed by atoms with Gasteiger partial charge in [-0.05, 0) is 0 Å².